The number of carbonyl (C=O) groups excluding carboxylic acids is 2. The Kier molecular flexibility index (Phi) is 10.7. The van der Waals surface area contributed by atoms with E-state index in [0.29, 0.717) is 6.42 Å². The van der Waals surface area contributed by atoms with Gasteiger partial charge in [-0.2, -0.15) is 0 Å². The van der Waals surface area contributed by atoms with Gasteiger partial charge in [0.15, 0.2) is 0 Å². The number of nitrogens with one attached hydrogen (secondary N) is 2. The van der Waals surface area contributed by atoms with E-state index in [2.05, 4.69) is 43.6 Å². The van der Waals surface area contributed by atoms with Gasteiger partial charge in [0.2, 0.25) is 11.8 Å². The molecule has 0 aromatic heterocycles. The van der Waals surface area contributed by atoms with Gasteiger partial charge in [-0.3, -0.25) is 14.4 Å². The minimum atomic E-state index is -0.943. The van der Waals surface area contributed by atoms with E-state index >= 15 is 0 Å². The van der Waals surface area contributed by atoms with Crippen LogP contribution in [0.4, 0.5) is 5.69 Å². The number of aliphatic carboxylic acids is 1. The Labute approximate surface area is 261 Å². The predicted octanol–water partition coefficient (Wildman–Crippen LogP) is 5.40. The zero-order valence-electron chi connectivity index (χ0n) is 26.7. The molecule has 44 heavy (non-hydrogen) atoms. The monoisotopic (exact) mass is 600 g/mol. The molecule has 2 amide bonds. The minimum Gasteiger partial charge on any atom is -0.481 e. The SMILES string of the molecule is CC[C@H](C)[C@H](N)C(=O)N[C@@H](Cc1ccccc1)C(=O)N1C[C@H](C(=O)O)[C@]2(C/C=C(/C)CCC=C(C)C)c3ccccc3N[C@H]12. The smallest absolute Gasteiger partial charge is 0.309 e. The van der Waals surface area contributed by atoms with Gasteiger partial charge < -0.3 is 26.4 Å². The molecule has 0 aliphatic carbocycles. The zero-order valence-corrected chi connectivity index (χ0v) is 26.7. The van der Waals surface area contributed by atoms with E-state index in [1.807, 2.05) is 68.4 Å². The molecule has 5 N–H and O–H groups in total. The van der Waals surface area contributed by atoms with Gasteiger partial charge in [0.05, 0.1) is 17.4 Å². The Morgan fingerprint density at radius 1 is 1.09 bits per heavy atom. The maximum atomic E-state index is 14.5. The van der Waals surface area contributed by atoms with E-state index in [0.717, 1.165) is 36.1 Å². The van der Waals surface area contributed by atoms with Crippen LogP contribution in [0.3, 0.4) is 0 Å². The van der Waals surface area contributed by atoms with Gasteiger partial charge in [0.25, 0.3) is 0 Å². The molecule has 8 nitrogen and oxygen atoms in total. The van der Waals surface area contributed by atoms with Gasteiger partial charge in [-0.05, 0) is 63.1 Å². The summed E-state index contributed by atoms with van der Waals surface area (Å²) in [6.45, 7) is 10.2. The fourth-order valence-electron chi connectivity index (χ4n) is 6.58. The molecule has 2 heterocycles. The number of nitrogens with two attached hydrogens (primary N) is 1. The van der Waals surface area contributed by atoms with Crippen molar-refractivity contribution in [3.8, 4) is 0 Å². The summed E-state index contributed by atoms with van der Waals surface area (Å²) >= 11 is 0. The van der Waals surface area contributed by atoms with E-state index in [1.54, 1.807) is 4.90 Å². The Bertz CT molecular complexity index is 1400. The Balaban J connectivity index is 1.71. The van der Waals surface area contributed by atoms with Crippen LogP contribution in [0.5, 0.6) is 0 Å². The number of fused-ring (bicyclic) bond motifs is 3. The number of allylic oxidation sites excluding steroid dienone is 4. The molecule has 0 bridgehead atoms. The largest absolute Gasteiger partial charge is 0.481 e. The van der Waals surface area contributed by atoms with Gasteiger partial charge in [0.1, 0.15) is 12.2 Å². The second-order valence-electron chi connectivity index (χ2n) is 12.8. The number of amides is 2. The quantitative estimate of drug-likeness (QED) is 0.228. The summed E-state index contributed by atoms with van der Waals surface area (Å²) in [6.07, 6.45) is 7.02. The molecular formula is C36H48N4O4. The maximum Gasteiger partial charge on any atom is 0.309 e. The summed E-state index contributed by atoms with van der Waals surface area (Å²) in [7, 11) is 0. The molecule has 1 fully saturated rings. The van der Waals surface area contributed by atoms with E-state index in [-0.39, 0.29) is 30.7 Å². The van der Waals surface area contributed by atoms with Crippen molar-refractivity contribution in [3.05, 3.63) is 89.0 Å². The Morgan fingerprint density at radius 2 is 1.77 bits per heavy atom. The van der Waals surface area contributed by atoms with Gasteiger partial charge in [0, 0.05) is 18.7 Å². The van der Waals surface area contributed by atoms with Crippen molar-refractivity contribution in [2.75, 3.05) is 11.9 Å². The van der Waals surface area contributed by atoms with E-state index in [9.17, 15) is 19.5 Å². The number of carboxylic acid groups (broad SMARTS) is 1. The van der Waals surface area contributed by atoms with Crippen LogP contribution < -0.4 is 16.4 Å². The topological polar surface area (TPSA) is 125 Å². The number of carbonyl (C=O) groups is 3. The lowest BCUT2D eigenvalue weighted by Gasteiger charge is -2.35. The molecule has 8 heteroatoms. The summed E-state index contributed by atoms with van der Waals surface area (Å²) in [5.74, 6) is -2.55. The number of anilines is 1. The highest BCUT2D eigenvalue weighted by atomic mass is 16.4. The van der Waals surface area contributed by atoms with Crippen molar-refractivity contribution in [2.45, 2.75) is 90.4 Å². The fraction of sp³-hybridized carbons (Fsp3) is 0.472. The molecule has 0 spiro atoms. The molecule has 4 rings (SSSR count). The average molecular weight is 601 g/mol. The second kappa shape index (κ2) is 14.2. The van der Waals surface area contributed by atoms with Crippen molar-refractivity contribution in [1.29, 1.82) is 0 Å². The standard InChI is InChI=1S/C36H48N4O4/c1-6-25(5)31(37)32(41)38-30(21-26-15-8-7-9-16-26)33(42)40-22-28(34(43)44)36(20-19-24(4)14-12-13-23(2)3)27-17-10-11-18-29(27)39-35(36)40/h7-11,13,15-19,25,28,30-31,35,39H,6,12,14,20-22,37H2,1-5H3,(H,38,41)(H,43,44)/b24-19-/t25-,28+,30-,31-,35+,36-/m0/s1. The van der Waals surface area contributed by atoms with Crippen LogP contribution in [0, 0.1) is 11.8 Å². The van der Waals surface area contributed by atoms with Crippen molar-refractivity contribution in [2.24, 2.45) is 17.6 Å². The number of likely N-dealkylation sites (tertiary alicyclic amines) is 1. The molecule has 1 saturated heterocycles. The number of nitrogens with zero attached hydrogens (tertiary/aromatic N) is 1. The van der Waals surface area contributed by atoms with E-state index in [1.165, 1.54) is 11.1 Å². The number of hydrogen-bond acceptors (Lipinski definition) is 5. The van der Waals surface area contributed by atoms with Crippen molar-refractivity contribution < 1.29 is 19.5 Å². The van der Waals surface area contributed by atoms with Crippen molar-refractivity contribution in [3.63, 3.8) is 0 Å². The fourth-order valence-corrected chi connectivity index (χ4v) is 6.58. The summed E-state index contributed by atoms with van der Waals surface area (Å²) < 4.78 is 0. The highest BCUT2D eigenvalue weighted by molar-refractivity contribution is 5.92. The van der Waals surface area contributed by atoms with Gasteiger partial charge in [-0.1, -0.05) is 92.1 Å². The number of carboxylic acids is 1. The molecule has 2 aromatic carbocycles. The first kappa shape index (κ1) is 33.0. The lowest BCUT2D eigenvalue weighted by atomic mass is 9.69. The van der Waals surface area contributed by atoms with Gasteiger partial charge >= 0.3 is 5.97 Å². The normalized spacial score (nSPS) is 22.7. The zero-order chi connectivity index (χ0) is 32.0. The van der Waals surface area contributed by atoms with E-state index < -0.39 is 35.6 Å². The van der Waals surface area contributed by atoms with Crippen LogP contribution in [0.2, 0.25) is 0 Å². The van der Waals surface area contributed by atoms with Crippen LogP contribution in [0.1, 0.15) is 71.4 Å². The Hall–Kier alpha value is -3.91. The first-order chi connectivity index (χ1) is 21.0. The van der Waals surface area contributed by atoms with Crippen LogP contribution in [0.15, 0.2) is 77.9 Å². The average Bonchev–Trinajstić information content (AvgIpc) is 3.51. The molecule has 0 saturated carbocycles. The molecule has 236 valence electrons. The predicted molar refractivity (Wildman–Crippen MR) is 175 cm³/mol. The van der Waals surface area contributed by atoms with Crippen molar-refractivity contribution >= 4 is 23.5 Å². The third-order valence-corrected chi connectivity index (χ3v) is 9.44. The minimum absolute atomic E-state index is 0.0311. The van der Waals surface area contributed by atoms with E-state index in [4.69, 9.17) is 5.73 Å². The first-order valence-electron chi connectivity index (χ1n) is 15.8. The first-order valence-corrected chi connectivity index (χ1v) is 15.8. The summed E-state index contributed by atoms with van der Waals surface area (Å²) in [6, 6.07) is 15.6. The molecule has 6 atom stereocenters. The number of benzene rings is 2. The summed E-state index contributed by atoms with van der Waals surface area (Å²) in [4.78, 5) is 42.4. The molecule has 0 radical (unpaired) electrons. The summed E-state index contributed by atoms with van der Waals surface area (Å²) in [5.41, 5.74) is 10.5. The van der Waals surface area contributed by atoms with Crippen LogP contribution >= 0.6 is 0 Å². The number of rotatable bonds is 13. The van der Waals surface area contributed by atoms with Crippen LogP contribution in [-0.4, -0.2) is 52.6 Å². The van der Waals surface area contributed by atoms with Crippen LogP contribution in [0.25, 0.3) is 0 Å². The lowest BCUT2D eigenvalue weighted by molar-refractivity contribution is -0.143. The third-order valence-electron chi connectivity index (χ3n) is 9.44. The van der Waals surface area contributed by atoms with Gasteiger partial charge in [-0.15, -0.1) is 0 Å². The molecule has 2 aliphatic rings. The third kappa shape index (κ3) is 6.91. The number of para-hydroxylation sites is 1. The molecule has 0 unspecified atom stereocenters. The molecule has 2 aliphatic heterocycles. The lowest BCUT2D eigenvalue weighted by Crippen LogP contribution is -2.57. The second-order valence-corrected chi connectivity index (χ2v) is 12.8. The van der Waals surface area contributed by atoms with Crippen LogP contribution in [-0.2, 0) is 26.2 Å². The van der Waals surface area contributed by atoms with Gasteiger partial charge in [-0.25, -0.2) is 0 Å². The Morgan fingerprint density at radius 3 is 2.43 bits per heavy atom. The number of hydrogen-bond donors (Lipinski definition) is 4. The highest BCUT2D eigenvalue weighted by Crippen LogP contribution is 2.54. The molecule has 2 aromatic rings. The summed E-state index contributed by atoms with van der Waals surface area (Å²) in [5, 5.41) is 17.1. The highest BCUT2D eigenvalue weighted by Gasteiger charge is 2.63. The maximum absolute atomic E-state index is 14.5. The molecular weight excluding hydrogens is 552 g/mol. The van der Waals surface area contributed by atoms with Crippen molar-refractivity contribution in [1.82, 2.24) is 10.2 Å².